The van der Waals surface area contributed by atoms with E-state index in [1.165, 1.54) is 11.3 Å². The zero-order valence-electron chi connectivity index (χ0n) is 17.9. The van der Waals surface area contributed by atoms with E-state index < -0.39 is 12.1 Å². The minimum Gasteiger partial charge on any atom is -0.477 e. The zero-order valence-corrected chi connectivity index (χ0v) is 18.7. The van der Waals surface area contributed by atoms with Gasteiger partial charge in [-0.2, -0.15) is 0 Å². The molecule has 0 saturated heterocycles. The van der Waals surface area contributed by atoms with Crippen LogP contribution in [0, 0.1) is 11.8 Å². The summed E-state index contributed by atoms with van der Waals surface area (Å²) in [5.41, 5.74) is 1.43. The molecule has 2 aliphatic carbocycles. The van der Waals surface area contributed by atoms with Gasteiger partial charge < -0.3 is 10.0 Å². The largest absolute Gasteiger partial charge is 0.477 e. The van der Waals surface area contributed by atoms with Gasteiger partial charge in [-0.1, -0.05) is 37.3 Å². The van der Waals surface area contributed by atoms with Crippen molar-refractivity contribution in [2.24, 2.45) is 11.8 Å². The monoisotopic (exact) mass is 443 g/mol. The van der Waals surface area contributed by atoms with E-state index in [1.807, 2.05) is 36.4 Å². The standard InChI is InChI=1S/C25H30FNO3S/c1-16-7-9-18(10-8-16)24(28)27(20-13-11-19(26)12-14-20)21-15-22(31-23(21)25(29)30)17-5-3-2-4-6-17/h2-6,15-16,18-20H,7-14H2,1H3,(H,29,30). The fraction of sp³-hybridized carbons (Fsp3) is 0.520. The Morgan fingerprint density at radius 3 is 2.26 bits per heavy atom. The number of amides is 1. The molecule has 166 valence electrons. The summed E-state index contributed by atoms with van der Waals surface area (Å²) in [6.45, 7) is 2.22. The Hall–Kier alpha value is -2.21. The first kappa shape index (κ1) is 22.0. The highest BCUT2D eigenvalue weighted by Gasteiger charge is 2.37. The minimum absolute atomic E-state index is 0.0223. The Kier molecular flexibility index (Phi) is 6.75. The van der Waals surface area contributed by atoms with Crippen molar-refractivity contribution in [2.75, 3.05) is 4.90 Å². The van der Waals surface area contributed by atoms with Crippen molar-refractivity contribution < 1.29 is 19.1 Å². The van der Waals surface area contributed by atoms with Crippen molar-refractivity contribution in [3.05, 3.63) is 41.3 Å². The van der Waals surface area contributed by atoms with E-state index in [9.17, 15) is 19.1 Å². The van der Waals surface area contributed by atoms with Crippen LogP contribution in [0.5, 0.6) is 0 Å². The van der Waals surface area contributed by atoms with Gasteiger partial charge in [0.25, 0.3) is 0 Å². The number of rotatable bonds is 5. The summed E-state index contributed by atoms with van der Waals surface area (Å²) in [5, 5.41) is 9.95. The first-order chi connectivity index (χ1) is 14.9. The first-order valence-electron chi connectivity index (χ1n) is 11.3. The zero-order chi connectivity index (χ0) is 22.0. The molecule has 1 amide bonds. The van der Waals surface area contributed by atoms with Crippen molar-refractivity contribution >= 4 is 28.9 Å². The summed E-state index contributed by atoms with van der Waals surface area (Å²) < 4.78 is 13.9. The van der Waals surface area contributed by atoms with Gasteiger partial charge in [-0.25, -0.2) is 9.18 Å². The van der Waals surface area contributed by atoms with E-state index in [4.69, 9.17) is 0 Å². The van der Waals surface area contributed by atoms with Crippen molar-refractivity contribution in [1.82, 2.24) is 0 Å². The van der Waals surface area contributed by atoms with Gasteiger partial charge in [-0.3, -0.25) is 4.79 Å². The van der Waals surface area contributed by atoms with E-state index in [0.717, 1.165) is 36.1 Å². The van der Waals surface area contributed by atoms with Gasteiger partial charge in [0.2, 0.25) is 5.91 Å². The van der Waals surface area contributed by atoms with Gasteiger partial charge in [0.15, 0.2) is 0 Å². The second-order valence-electron chi connectivity index (χ2n) is 9.07. The van der Waals surface area contributed by atoms with Crippen LogP contribution in [0.4, 0.5) is 10.1 Å². The number of carbonyl (C=O) groups excluding carboxylic acids is 1. The summed E-state index contributed by atoms with van der Waals surface area (Å²) in [5.74, 6) is -0.452. The number of nitrogens with zero attached hydrogens (tertiary/aromatic N) is 1. The van der Waals surface area contributed by atoms with Gasteiger partial charge in [0, 0.05) is 16.8 Å². The molecule has 1 heterocycles. The maximum atomic E-state index is 13.9. The van der Waals surface area contributed by atoms with Crippen LogP contribution in [0.2, 0.25) is 0 Å². The molecule has 0 bridgehead atoms. The van der Waals surface area contributed by atoms with Crippen LogP contribution >= 0.6 is 11.3 Å². The molecule has 0 unspecified atom stereocenters. The lowest BCUT2D eigenvalue weighted by molar-refractivity contribution is -0.124. The third kappa shape index (κ3) is 4.84. The molecule has 2 aromatic rings. The van der Waals surface area contributed by atoms with Crippen LogP contribution in [0.25, 0.3) is 10.4 Å². The fourth-order valence-corrected chi connectivity index (χ4v) is 5.94. The van der Waals surface area contributed by atoms with Gasteiger partial charge in [0.1, 0.15) is 11.0 Å². The number of hydrogen-bond acceptors (Lipinski definition) is 3. The molecule has 0 atom stereocenters. The Balaban J connectivity index is 1.73. The molecule has 4 nitrogen and oxygen atoms in total. The third-order valence-corrected chi connectivity index (χ3v) is 7.98. The molecule has 1 aromatic heterocycles. The number of halogens is 1. The average molecular weight is 444 g/mol. The van der Waals surface area contributed by atoms with Gasteiger partial charge in [-0.15, -0.1) is 11.3 Å². The van der Waals surface area contributed by atoms with Crippen LogP contribution in [-0.2, 0) is 4.79 Å². The quantitative estimate of drug-likeness (QED) is 0.570. The summed E-state index contributed by atoms with van der Waals surface area (Å²) in [7, 11) is 0. The predicted octanol–water partition coefficient (Wildman–Crippen LogP) is 6.55. The molecule has 1 aromatic carbocycles. The van der Waals surface area contributed by atoms with Crippen molar-refractivity contribution in [3.63, 3.8) is 0 Å². The fourth-order valence-electron chi connectivity index (χ4n) is 4.95. The first-order valence-corrected chi connectivity index (χ1v) is 12.2. The summed E-state index contributed by atoms with van der Waals surface area (Å²) in [6.07, 6.45) is 4.89. The van der Waals surface area contributed by atoms with E-state index in [1.54, 1.807) is 4.90 Å². The van der Waals surface area contributed by atoms with E-state index in [-0.39, 0.29) is 22.7 Å². The lowest BCUT2D eigenvalue weighted by Crippen LogP contribution is -2.46. The Morgan fingerprint density at radius 1 is 1.00 bits per heavy atom. The maximum Gasteiger partial charge on any atom is 0.348 e. The molecule has 0 spiro atoms. The highest BCUT2D eigenvalue weighted by Crippen LogP contribution is 2.41. The molecule has 0 aliphatic heterocycles. The maximum absolute atomic E-state index is 13.9. The van der Waals surface area contributed by atoms with Gasteiger partial charge in [-0.05, 0) is 68.9 Å². The van der Waals surface area contributed by atoms with E-state index in [2.05, 4.69) is 6.92 Å². The second kappa shape index (κ2) is 9.51. The lowest BCUT2D eigenvalue weighted by Gasteiger charge is -2.38. The lowest BCUT2D eigenvalue weighted by atomic mass is 9.81. The molecular weight excluding hydrogens is 413 g/mol. The Morgan fingerprint density at radius 2 is 1.65 bits per heavy atom. The molecule has 2 fully saturated rings. The van der Waals surface area contributed by atoms with Crippen LogP contribution in [0.3, 0.4) is 0 Å². The molecule has 2 saturated carbocycles. The normalized spacial score (nSPS) is 26.4. The van der Waals surface area contributed by atoms with Crippen LogP contribution < -0.4 is 4.90 Å². The molecule has 0 radical (unpaired) electrons. The predicted molar refractivity (Wildman–Crippen MR) is 122 cm³/mol. The number of carboxylic acid groups (broad SMARTS) is 1. The Labute approximate surface area is 187 Å². The number of carboxylic acids is 1. The number of carbonyl (C=O) groups is 2. The topological polar surface area (TPSA) is 57.6 Å². The second-order valence-corrected chi connectivity index (χ2v) is 10.1. The van der Waals surface area contributed by atoms with Crippen LogP contribution in [0.15, 0.2) is 36.4 Å². The van der Waals surface area contributed by atoms with Crippen LogP contribution in [0.1, 0.15) is 68.0 Å². The SMILES string of the molecule is CC1CCC(C(=O)N(c2cc(-c3ccccc3)sc2C(=O)O)C2CCC(F)CC2)CC1. The number of alkyl halides is 1. The van der Waals surface area contributed by atoms with Crippen molar-refractivity contribution in [1.29, 1.82) is 0 Å². The third-order valence-electron chi connectivity index (χ3n) is 6.82. The highest BCUT2D eigenvalue weighted by molar-refractivity contribution is 7.18. The molecule has 4 rings (SSSR count). The van der Waals surface area contributed by atoms with Gasteiger partial charge >= 0.3 is 5.97 Å². The van der Waals surface area contributed by atoms with Gasteiger partial charge in [0.05, 0.1) is 5.69 Å². The Bertz CT molecular complexity index is 912. The molecule has 6 heteroatoms. The molecule has 31 heavy (non-hydrogen) atoms. The number of benzene rings is 1. The number of anilines is 1. The van der Waals surface area contributed by atoms with Crippen molar-refractivity contribution in [2.45, 2.75) is 70.5 Å². The van der Waals surface area contributed by atoms with Crippen molar-refractivity contribution in [3.8, 4) is 10.4 Å². The number of thiophene rings is 1. The number of hydrogen-bond donors (Lipinski definition) is 1. The van der Waals surface area contributed by atoms with E-state index in [0.29, 0.717) is 37.3 Å². The highest BCUT2D eigenvalue weighted by atomic mass is 32.1. The molecular formula is C25H30FNO3S. The minimum atomic E-state index is -1.02. The van der Waals surface area contributed by atoms with Crippen LogP contribution in [-0.4, -0.2) is 29.2 Å². The smallest absolute Gasteiger partial charge is 0.348 e. The molecule has 2 aliphatic rings. The van der Waals surface area contributed by atoms with E-state index >= 15 is 0 Å². The number of aromatic carboxylic acids is 1. The average Bonchev–Trinajstić information content (AvgIpc) is 3.22. The summed E-state index contributed by atoms with van der Waals surface area (Å²) in [4.78, 5) is 28.7. The molecule has 1 N–H and O–H groups in total. The summed E-state index contributed by atoms with van der Waals surface area (Å²) >= 11 is 1.21. The summed E-state index contributed by atoms with van der Waals surface area (Å²) in [6, 6.07) is 11.4.